The Balaban J connectivity index is 1.52. The minimum atomic E-state index is -4.55. The molecule has 0 unspecified atom stereocenters. The minimum absolute atomic E-state index is 0.0132. The van der Waals surface area contributed by atoms with E-state index >= 15 is 0 Å². The molecule has 3 aromatic rings. The van der Waals surface area contributed by atoms with E-state index in [1.807, 2.05) is 54.6 Å². The monoisotopic (exact) mass is 651 g/mol. The van der Waals surface area contributed by atoms with Gasteiger partial charge in [-0.1, -0.05) is 94.4 Å². The van der Waals surface area contributed by atoms with Crippen LogP contribution in [-0.2, 0) is 40.0 Å². The molecular weight excluding hydrogens is 611 g/mol. The lowest BCUT2D eigenvalue weighted by atomic mass is 9.94. The summed E-state index contributed by atoms with van der Waals surface area (Å²) in [4.78, 5) is 55.4. The van der Waals surface area contributed by atoms with Crippen molar-refractivity contribution in [2.24, 2.45) is 11.8 Å². The first-order valence-corrected chi connectivity index (χ1v) is 15.6. The van der Waals surface area contributed by atoms with E-state index in [4.69, 9.17) is 4.74 Å². The second-order valence-corrected chi connectivity index (χ2v) is 12.5. The molecule has 2 N–H and O–H groups in total. The molecule has 0 bridgehead atoms. The van der Waals surface area contributed by atoms with E-state index in [9.17, 15) is 32.3 Å². The number of alkyl halides is 3. The number of fused-ring (bicyclic) bond motifs is 1. The molecule has 0 heterocycles. The topological polar surface area (TPSA) is 105 Å². The SMILES string of the molecule is CC(C)[C@H](NC(=O)CN(C(=O)[C@@H](NC(=O)OCc1ccccc1)C(C)C)C1Cc2ccccc2C1)C(=O)c1ccc(C(F)(F)F)cc1. The quantitative estimate of drug-likeness (QED) is 0.235. The van der Waals surface area contributed by atoms with Crippen molar-refractivity contribution < 1.29 is 37.1 Å². The Morgan fingerprint density at radius 1 is 0.787 bits per heavy atom. The van der Waals surface area contributed by atoms with Crippen LogP contribution < -0.4 is 10.6 Å². The van der Waals surface area contributed by atoms with Gasteiger partial charge in [-0.05, 0) is 53.5 Å². The van der Waals surface area contributed by atoms with Gasteiger partial charge in [-0.25, -0.2) is 4.79 Å². The fourth-order valence-electron chi connectivity index (χ4n) is 5.64. The maximum Gasteiger partial charge on any atom is 0.416 e. The highest BCUT2D eigenvalue weighted by atomic mass is 19.4. The number of rotatable bonds is 12. The zero-order valence-corrected chi connectivity index (χ0v) is 26.8. The molecule has 1 aliphatic rings. The van der Waals surface area contributed by atoms with E-state index in [0.29, 0.717) is 12.8 Å². The van der Waals surface area contributed by atoms with Crippen molar-refractivity contribution in [3.8, 4) is 0 Å². The number of halogens is 3. The summed E-state index contributed by atoms with van der Waals surface area (Å²) in [6, 6.07) is 18.2. The van der Waals surface area contributed by atoms with Crippen molar-refractivity contribution in [1.29, 1.82) is 0 Å². The zero-order chi connectivity index (χ0) is 34.3. The van der Waals surface area contributed by atoms with Crippen LogP contribution in [0.25, 0.3) is 0 Å². The van der Waals surface area contributed by atoms with Crippen LogP contribution in [0.5, 0.6) is 0 Å². The molecule has 3 aromatic carbocycles. The standard InChI is InChI=1S/C36H40F3N3O5/c1-22(2)31(33(44)25-14-16-28(17-15-25)36(37,38)39)40-30(43)20-42(29-18-26-12-8-9-13-27(26)19-29)34(45)32(23(3)4)41-35(46)47-21-24-10-6-5-7-11-24/h5-17,22-23,29,31-32H,18-21H2,1-4H3,(H,40,43)(H,41,46)/t31-,32-/m0/s1. The average Bonchev–Trinajstić information content (AvgIpc) is 3.47. The Hall–Kier alpha value is -4.67. The molecule has 47 heavy (non-hydrogen) atoms. The molecule has 4 rings (SSSR count). The summed E-state index contributed by atoms with van der Waals surface area (Å²) < 4.78 is 44.6. The van der Waals surface area contributed by atoms with Crippen LogP contribution in [-0.4, -0.2) is 53.3 Å². The smallest absolute Gasteiger partial charge is 0.416 e. The predicted octanol–water partition coefficient (Wildman–Crippen LogP) is 5.98. The van der Waals surface area contributed by atoms with E-state index in [2.05, 4.69) is 10.6 Å². The number of carbonyl (C=O) groups is 4. The number of nitrogens with zero attached hydrogens (tertiary/aromatic N) is 1. The summed E-state index contributed by atoms with van der Waals surface area (Å²) in [6.07, 6.45) is -4.33. The summed E-state index contributed by atoms with van der Waals surface area (Å²) in [7, 11) is 0. The third kappa shape index (κ3) is 9.21. The fraction of sp³-hybridized carbons (Fsp3) is 0.389. The van der Waals surface area contributed by atoms with Gasteiger partial charge in [0.25, 0.3) is 0 Å². The molecule has 250 valence electrons. The van der Waals surface area contributed by atoms with E-state index in [1.54, 1.807) is 27.7 Å². The Kier molecular flexibility index (Phi) is 11.4. The van der Waals surface area contributed by atoms with Crippen LogP contribution in [0.4, 0.5) is 18.0 Å². The Labute approximate surface area is 272 Å². The number of ketones is 1. The van der Waals surface area contributed by atoms with Gasteiger partial charge in [-0.2, -0.15) is 13.2 Å². The molecule has 0 saturated carbocycles. The molecule has 0 saturated heterocycles. The minimum Gasteiger partial charge on any atom is -0.445 e. The van der Waals surface area contributed by atoms with Crippen molar-refractivity contribution in [2.75, 3.05) is 6.54 Å². The number of hydrogen-bond acceptors (Lipinski definition) is 5. The van der Waals surface area contributed by atoms with E-state index in [0.717, 1.165) is 41.0 Å². The highest BCUT2D eigenvalue weighted by Crippen LogP contribution is 2.30. The van der Waals surface area contributed by atoms with Gasteiger partial charge in [0.05, 0.1) is 18.2 Å². The van der Waals surface area contributed by atoms with Crippen molar-refractivity contribution in [3.05, 3.63) is 107 Å². The average molecular weight is 652 g/mol. The number of hydrogen-bond donors (Lipinski definition) is 2. The van der Waals surface area contributed by atoms with Crippen LogP contribution in [0.15, 0.2) is 78.9 Å². The molecule has 0 radical (unpaired) electrons. The largest absolute Gasteiger partial charge is 0.445 e. The number of Topliss-reactive ketones (excluding diaryl/α,β-unsaturated/α-hetero) is 1. The molecule has 0 aliphatic heterocycles. The summed E-state index contributed by atoms with van der Waals surface area (Å²) in [5, 5.41) is 5.40. The Bertz CT molecular complexity index is 1530. The van der Waals surface area contributed by atoms with Crippen LogP contribution in [0, 0.1) is 11.8 Å². The summed E-state index contributed by atoms with van der Waals surface area (Å²) >= 11 is 0. The van der Waals surface area contributed by atoms with Crippen LogP contribution in [0.2, 0.25) is 0 Å². The lowest BCUT2D eigenvalue weighted by Gasteiger charge is -2.34. The second-order valence-electron chi connectivity index (χ2n) is 12.5. The Morgan fingerprint density at radius 2 is 1.34 bits per heavy atom. The Morgan fingerprint density at radius 3 is 1.87 bits per heavy atom. The molecule has 0 spiro atoms. The van der Waals surface area contributed by atoms with Gasteiger partial charge >= 0.3 is 12.3 Å². The molecule has 0 fully saturated rings. The van der Waals surface area contributed by atoms with Crippen molar-refractivity contribution in [2.45, 2.75) is 71.4 Å². The molecule has 1 aliphatic carbocycles. The molecule has 8 nitrogen and oxygen atoms in total. The predicted molar refractivity (Wildman–Crippen MR) is 170 cm³/mol. The third-order valence-corrected chi connectivity index (χ3v) is 8.25. The molecular formula is C36H40F3N3O5. The highest BCUT2D eigenvalue weighted by Gasteiger charge is 2.38. The number of amides is 3. The number of benzene rings is 3. The lowest BCUT2D eigenvalue weighted by Crippen LogP contribution is -2.57. The summed E-state index contributed by atoms with van der Waals surface area (Å²) in [5.74, 6) is -2.39. The molecule has 2 atom stereocenters. The number of nitrogens with one attached hydrogen (secondary N) is 2. The van der Waals surface area contributed by atoms with Gasteiger partial charge < -0.3 is 20.3 Å². The van der Waals surface area contributed by atoms with Gasteiger partial charge in [0, 0.05) is 11.6 Å². The van der Waals surface area contributed by atoms with Crippen molar-refractivity contribution in [3.63, 3.8) is 0 Å². The fourth-order valence-corrected chi connectivity index (χ4v) is 5.64. The normalized spacial score (nSPS) is 14.3. The van der Waals surface area contributed by atoms with Crippen molar-refractivity contribution >= 4 is 23.7 Å². The molecule has 3 amide bonds. The maximum absolute atomic E-state index is 14.2. The highest BCUT2D eigenvalue weighted by molar-refractivity contribution is 6.02. The third-order valence-electron chi connectivity index (χ3n) is 8.25. The van der Waals surface area contributed by atoms with Crippen molar-refractivity contribution in [1.82, 2.24) is 15.5 Å². The number of ether oxygens (including phenoxy) is 1. The first kappa shape index (κ1) is 35.2. The van der Waals surface area contributed by atoms with Gasteiger partial charge in [0.2, 0.25) is 11.8 Å². The van der Waals surface area contributed by atoms with E-state index in [-0.39, 0.29) is 18.1 Å². The zero-order valence-electron chi connectivity index (χ0n) is 26.8. The van der Waals surface area contributed by atoms with Gasteiger partial charge in [-0.3, -0.25) is 14.4 Å². The summed E-state index contributed by atoms with van der Waals surface area (Å²) in [6.45, 7) is 6.59. The first-order valence-electron chi connectivity index (χ1n) is 15.6. The summed E-state index contributed by atoms with van der Waals surface area (Å²) in [5.41, 5.74) is 2.01. The molecule has 0 aromatic heterocycles. The van der Waals surface area contributed by atoms with Gasteiger partial charge in [0.1, 0.15) is 12.6 Å². The number of alkyl carbamates (subject to hydrolysis) is 1. The van der Waals surface area contributed by atoms with E-state index in [1.165, 1.54) is 4.90 Å². The van der Waals surface area contributed by atoms with E-state index < -0.39 is 66.0 Å². The van der Waals surface area contributed by atoms with Gasteiger partial charge in [0.15, 0.2) is 5.78 Å². The first-order chi connectivity index (χ1) is 22.2. The van der Waals surface area contributed by atoms with Crippen LogP contribution in [0.1, 0.15) is 60.3 Å². The molecule has 11 heteroatoms. The van der Waals surface area contributed by atoms with Crippen LogP contribution >= 0.6 is 0 Å². The number of carbonyl (C=O) groups excluding carboxylic acids is 4. The van der Waals surface area contributed by atoms with Gasteiger partial charge in [-0.15, -0.1) is 0 Å². The second kappa shape index (κ2) is 15.3. The maximum atomic E-state index is 14.2. The van der Waals surface area contributed by atoms with Crippen LogP contribution in [0.3, 0.4) is 0 Å². The lowest BCUT2D eigenvalue weighted by molar-refractivity contribution is -0.141.